The van der Waals surface area contributed by atoms with Crippen LogP contribution in [0.25, 0.3) is 0 Å². The molecule has 0 aliphatic carbocycles. The summed E-state index contributed by atoms with van der Waals surface area (Å²) in [4.78, 5) is 0. The molecule has 0 nitrogen and oxygen atoms in total. The average molecular weight is 577 g/mol. The van der Waals surface area contributed by atoms with Gasteiger partial charge >= 0.3 is 81.8 Å². The van der Waals surface area contributed by atoms with Crippen LogP contribution in [0, 0.1) is 0 Å². The van der Waals surface area contributed by atoms with E-state index in [0.717, 1.165) is 0 Å². The summed E-state index contributed by atoms with van der Waals surface area (Å²) in [6.07, 6.45) is 0. The first kappa shape index (κ1) is 10.5. The third-order valence-corrected chi connectivity index (χ3v) is 0. The van der Waals surface area contributed by atoms with Gasteiger partial charge in [0.2, 0.25) is 0 Å². The first-order valence-corrected chi connectivity index (χ1v) is 26.3. The van der Waals surface area contributed by atoms with Crippen LogP contribution in [-0.2, 0) is 0.881 Å². The number of hydrogen-bond acceptors (Lipinski definition) is 0. The molecular formula is Br6Tc. The van der Waals surface area contributed by atoms with Crippen molar-refractivity contribution in [2.24, 2.45) is 0 Å². The second kappa shape index (κ2) is 2.02. The molecule has 0 fully saturated rings. The fraction of sp³-hybridized carbons (Fsp3) is 0. The van der Waals surface area contributed by atoms with E-state index >= 15 is 0 Å². The molecule has 0 rings (SSSR count). The zero-order valence-corrected chi connectivity index (χ0v) is 14.0. The first-order chi connectivity index (χ1) is 2.45. The van der Waals surface area contributed by atoms with Gasteiger partial charge in [0.25, 0.3) is 0 Å². The minimum atomic E-state index is -3.24. The van der Waals surface area contributed by atoms with Gasteiger partial charge in [-0.1, -0.05) is 0 Å². The van der Waals surface area contributed by atoms with Crippen LogP contribution in [0.4, 0.5) is 0 Å². The molecule has 0 saturated carbocycles. The van der Waals surface area contributed by atoms with Crippen molar-refractivity contribution < 1.29 is 0.881 Å². The summed E-state index contributed by atoms with van der Waals surface area (Å²) in [6.45, 7) is 0. The minimum absolute atomic E-state index is 3.24. The Hall–Kier alpha value is 3.53. The number of halogens is 6. The average Bonchev–Trinajstić information content (AvgIpc) is 0.592. The maximum absolute atomic E-state index is 3.35. The molecule has 0 aromatic carbocycles. The van der Waals surface area contributed by atoms with E-state index in [0.29, 0.717) is 0 Å². The molecule has 7 heavy (non-hydrogen) atoms. The van der Waals surface area contributed by atoms with Crippen LogP contribution in [-0.4, -0.2) is 0 Å². The van der Waals surface area contributed by atoms with Crippen LogP contribution >= 0.6 is 81.0 Å². The molecule has 0 radical (unpaired) electrons. The Morgan fingerprint density at radius 2 is 0.571 bits per heavy atom. The van der Waals surface area contributed by atoms with Gasteiger partial charge in [0.15, 0.2) is 0 Å². The molecule has 0 saturated heterocycles. The molecule has 0 unspecified atom stereocenters. The van der Waals surface area contributed by atoms with Crippen molar-refractivity contribution in [1.29, 1.82) is 0 Å². The normalized spacial score (nSPS) is 23.1. The molecule has 0 aromatic rings. The van der Waals surface area contributed by atoms with Crippen molar-refractivity contribution in [3.8, 4) is 0 Å². The van der Waals surface area contributed by atoms with Gasteiger partial charge in [0.05, 0.1) is 0 Å². The topological polar surface area (TPSA) is 0 Å². The van der Waals surface area contributed by atoms with Crippen molar-refractivity contribution in [2.75, 3.05) is 0 Å². The second-order valence-corrected chi connectivity index (χ2v) is 129. The van der Waals surface area contributed by atoms with Crippen LogP contribution in [0.3, 0.4) is 0 Å². The van der Waals surface area contributed by atoms with Gasteiger partial charge in [-0.15, -0.1) is 0 Å². The molecule has 0 heterocycles. The van der Waals surface area contributed by atoms with Crippen molar-refractivity contribution in [1.82, 2.24) is 0 Å². The van der Waals surface area contributed by atoms with Gasteiger partial charge in [-0.25, -0.2) is 0 Å². The Balaban J connectivity index is 4.43. The van der Waals surface area contributed by atoms with E-state index in [1.54, 1.807) is 0 Å². The predicted octanol–water partition coefficient (Wildman–Crippen LogP) is 5.07. The first-order valence-electron chi connectivity index (χ1n) is 0.857. The van der Waals surface area contributed by atoms with Gasteiger partial charge in [-0.05, 0) is 0 Å². The Morgan fingerprint density at radius 3 is 0.571 bits per heavy atom. The van der Waals surface area contributed by atoms with Crippen LogP contribution in [0.15, 0.2) is 0 Å². The number of rotatable bonds is 0. The van der Waals surface area contributed by atoms with Gasteiger partial charge in [0.1, 0.15) is 0 Å². The fourth-order valence-electron chi connectivity index (χ4n) is 0. The molecule has 7 heteroatoms. The molecule has 0 N–H and O–H groups in total. The Morgan fingerprint density at radius 1 is 0.571 bits per heavy atom. The molecule has 0 aromatic heterocycles. The summed E-state index contributed by atoms with van der Waals surface area (Å²) in [5, 5.41) is 0. The molecule has 0 aliphatic heterocycles. The van der Waals surface area contributed by atoms with Gasteiger partial charge in [-0.2, -0.15) is 0 Å². The van der Waals surface area contributed by atoms with Crippen LogP contribution in [0.5, 0.6) is 0 Å². The van der Waals surface area contributed by atoms with Gasteiger partial charge < -0.3 is 0 Å². The molecule has 0 atom stereocenters. The molecular weight excluding hydrogens is 577 g/mol. The van der Waals surface area contributed by atoms with E-state index in [2.05, 4.69) is 81.0 Å². The van der Waals surface area contributed by atoms with E-state index in [4.69, 9.17) is 0 Å². The van der Waals surface area contributed by atoms with Crippen molar-refractivity contribution in [3.63, 3.8) is 0 Å². The Kier molecular flexibility index (Phi) is 3.04. The van der Waals surface area contributed by atoms with E-state index in [1.807, 2.05) is 0 Å². The SMILES string of the molecule is [Br][Tc]([Br])([Br])([Br])([Br])[Br]. The van der Waals surface area contributed by atoms with E-state index in [1.165, 1.54) is 0 Å². The van der Waals surface area contributed by atoms with Crippen LogP contribution < -0.4 is 0 Å². The fourth-order valence-corrected chi connectivity index (χ4v) is 0. The van der Waals surface area contributed by atoms with Crippen molar-refractivity contribution in [3.05, 3.63) is 0 Å². The summed E-state index contributed by atoms with van der Waals surface area (Å²) in [6, 6.07) is 0. The molecule has 0 spiro atoms. The molecule has 0 aliphatic rings. The molecule has 0 bridgehead atoms. The Bertz CT molecular complexity index is 62.7. The predicted molar refractivity (Wildman–Crippen MR) is 53.6 cm³/mol. The summed E-state index contributed by atoms with van der Waals surface area (Å²) in [5.74, 6) is 0. The summed E-state index contributed by atoms with van der Waals surface area (Å²) in [7, 11) is 0. The Labute approximate surface area is 79.8 Å². The standard InChI is InChI=1S/6BrH.Tc/h6*1H;/q;;;;;;+6/p-6. The maximum atomic E-state index is 3.35. The third kappa shape index (κ3) is 43.4. The molecule has 0 amide bonds. The van der Waals surface area contributed by atoms with Crippen molar-refractivity contribution >= 4 is 81.0 Å². The van der Waals surface area contributed by atoms with Crippen LogP contribution in [0.1, 0.15) is 0 Å². The van der Waals surface area contributed by atoms with Gasteiger partial charge in [-0.3, -0.25) is 0 Å². The quantitative estimate of drug-likeness (QED) is 0.378. The summed E-state index contributed by atoms with van der Waals surface area (Å²) < 4.78 is -3.24. The summed E-state index contributed by atoms with van der Waals surface area (Å²) >= 11 is 20.1. The number of hydrogen-bond donors (Lipinski definition) is 0. The van der Waals surface area contributed by atoms with Gasteiger partial charge in [0, 0.05) is 0 Å². The third-order valence-electron chi connectivity index (χ3n) is 0. The second-order valence-electron chi connectivity index (χ2n) is 0.810. The van der Waals surface area contributed by atoms with E-state index in [-0.39, 0.29) is 0 Å². The molecule has 49 valence electrons. The van der Waals surface area contributed by atoms with E-state index < -0.39 is 0.881 Å². The summed E-state index contributed by atoms with van der Waals surface area (Å²) in [5.41, 5.74) is 0. The van der Waals surface area contributed by atoms with Crippen molar-refractivity contribution in [2.45, 2.75) is 0 Å². The van der Waals surface area contributed by atoms with Crippen LogP contribution in [0.2, 0.25) is 0 Å². The monoisotopic (exact) mass is 570 g/mol. The zero-order valence-electron chi connectivity index (χ0n) is 2.65. The zero-order chi connectivity index (χ0) is 6.41. The van der Waals surface area contributed by atoms with E-state index in [9.17, 15) is 0 Å².